The van der Waals surface area contributed by atoms with Gasteiger partial charge < -0.3 is 19.3 Å². The van der Waals surface area contributed by atoms with Gasteiger partial charge in [0, 0.05) is 0 Å². The molecule has 1 atom stereocenters. The minimum Gasteiger partial charge on any atom is -0.493 e. The first kappa shape index (κ1) is 15.2. The SMILES string of the molecule is COc1ccc(C(O)COc2cccc(C)c2)cc1OC. The predicted molar refractivity (Wildman–Crippen MR) is 81.2 cm³/mol. The number of aryl methyl sites for hydroxylation is 1. The van der Waals surface area contributed by atoms with Gasteiger partial charge in [0.2, 0.25) is 0 Å². The molecule has 0 aliphatic rings. The summed E-state index contributed by atoms with van der Waals surface area (Å²) in [6, 6.07) is 13.0. The fourth-order valence-electron chi connectivity index (χ4n) is 2.04. The van der Waals surface area contributed by atoms with E-state index in [9.17, 15) is 5.11 Å². The molecule has 0 aliphatic carbocycles. The number of aliphatic hydroxyl groups excluding tert-OH is 1. The van der Waals surface area contributed by atoms with Crippen LogP contribution in [0, 0.1) is 6.92 Å². The van der Waals surface area contributed by atoms with Crippen molar-refractivity contribution in [3.63, 3.8) is 0 Å². The predicted octanol–water partition coefficient (Wildman–Crippen LogP) is 3.12. The van der Waals surface area contributed by atoms with Gasteiger partial charge in [-0.2, -0.15) is 0 Å². The summed E-state index contributed by atoms with van der Waals surface area (Å²) in [5, 5.41) is 10.2. The lowest BCUT2D eigenvalue weighted by Gasteiger charge is -2.15. The van der Waals surface area contributed by atoms with Crippen LogP contribution in [0.1, 0.15) is 17.2 Å². The van der Waals surface area contributed by atoms with Crippen molar-refractivity contribution in [2.45, 2.75) is 13.0 Å². The molecule has 0 amide bonds. The third-order valence-corrected chi connectivity index (χ3v) is 3.19. The van der Waals surface area contributed by atoms with Crippen molar-refractivity contribution in [2.24, 2.45) is 0 Å². The maximum atomic E-state index is 10.2. The molecular weight excluding hydrogens is 268 g/mol. The van der Waals surface area contributed by atoms with Crippen molar-refractivity contribution in [1.29, 1.82) is 0 Å². The molecule has 2 aromatic rings. The van der Waals surface area contributed by atoms with E-state index in [2.05, 4.69) is 0 Å². The van der Waals surface area contributed by atoms with Crippen LogP contribution in [0.25, 0.3) is 0 Å². The Morgan fingerprint density at radius 2 is 1.76 bits per heavy atom. The molecule has 1 N–H and O–H groups in total. The highest BCUT2D eigenvalue weighted by Crippen LogP contribution is 2.30. The summed E-state index contributed by atoms with van der Waals surface area (Å²) in [7, 11) is 3.14. The molecule has 0 radical (unpaired) electrons. The standard InChI is InChI=1S/C17H20O4/c1-12-5-4-6-14(9-12)21-11-15(18)13-7-8-16(19-2)17(10-13)20-3/h4-10,15,18H,11H2,1-3H3. The minimum atomic E-state index is -0.731. The van der Waals surface area contributed by atoms with E-state index in [-0.39, 0.29) is 6.61 Å². The van der Waals surface area contributed by atoms with E-state index < -0.39 is 6.10 Å². The number of aliphatic hydroxyl groups is 1. The molecule has 0 aromatic heterocycles. The third-order valence-electron chi connectivity index (χ3n) is 3.19. The van der Waals surface area contributed by atoms with E-state index in [4.69, 9.17) is 14.2 Å². The smallest absolute Gasteiger partial charge is 0.161 e. The van der Waals surface area contributed by atoms with E-state index in [0.29, 0.717) is 11.5 Å². The summed E-state index contributed by atoms with van der Waals surface area (Å²) in [6.07, 6.45) is -0.731. The van der Waals surface area contributed by atoms with Crippen molar-refractivity contribution >= 4 is 0 Å². The number of ether oxygens (including phenoxy) is 3. The lowest BCUT2D eigenvalue weighted by Crippen LogP contribution is -2.10. The molecule has 4 heteroatoms. The van der Waals surface area contributed by atoms with Crippen LogP contribution in [0.15, 0.2) is 42.5 Å². The lowest BCUT2D eigenvalue weighted by atomic mass is 10.1. The summed E-state index contributed by atoms with van der Waals surface area (Å²) in [5.41, 5.74) is 1.84. The van der Waals surface area contributed by atoms with Crippen LogP contribution < -0.4 is 14.2 Å². The van der Waals surface area contributed by atoms with Gasteiger partial charge in [-0.3, -0.25) is 0 Å². The van der Waals surface area contributed by atoms with Gasteiger partial charge in [-0.15, -0.1) is 0 Å². The molecule has 0 fully saturated rings. The molecule has 112 valence electrons. The van der Waals surface area contributed by atoms with Crippen LogP contribution in [0.4, 0.5) is 0 Å². The first-order valence-electron chi connectivity index (χ1n) is 6.73. The highest BCUT2D eigenvalue weighted by molar-refractivity contribution is 5.43. The Bertz CT molecular complexity index is 595. The van der Waals surface area contributed by atoms with Gasteiger partial charge in [0.05, 0.1) is 14.2 Å². The summed E-state index contributed by atoms with van der Waals surface area (Å²) < 4.78 is 16.0. The summed E-state index contributed by atoms with van der Waals surface area (Å²) in [4.78, 5) is 0. The zero-order valence-corrected chi connectivity index (χ0v) is 12.5. The Kier molecular flexibility index (Phi) is 5.06. The van der Waals surface area contributed by atoms with Crippen LogP contribution in [0.2, 0.25) is 0 Å². The third kappa shape index (κ3) is 3.89. The van der Waals surface area contributed by atoms with Crippen molar-refractivity contribution in [3.8, 4) is 17.2 Å². The molecule has 0 spiro atoms. The summed E-state index contributed by atoms with van der Waals surface area (Å²) >= 11 is 0. The summed E-state index contributed by atoms with van der Waals surface area (Å²) in [5.74, 6) is 1.96. The second kappa shape index (κ2) is 6.99. The number of hydrogen-bond donors (Lipinski definition) is 1. The van der Waals surface area contributed by atoms with Gasteiger partial charge in [-0.1, -0.05) is 18.2 Å². The average molecular weight is 288 g/mol. The molecule has 0 bridgehead atoms. The molecule has 21 heavy (non-hydrogen) atoms. The van der Waals surface area contributed by atoms with Gasteiger partial charge in [0.15, 0.2) is 11.5 Å². The molecule has 4 nitrogen and oxygen atoms in total. The van der Waals surface area contributed by atoms with Crippen LogP contribution in [-0.4, -0.2) is 25.9 Å². The van der Waals surface area contributed by atoms with Crippen molar-refractivity contribution in [1.82, 2.24) is 0 Å². The molecule has 0 aliphatic heterocycles. The van der Waals surface area contributed by atoms with Gasteiger partial charge in [0.1, 0.15) is 18.5 Å². The van der Waals surface area contributed by atoms with Crippen LogP contribution in [0.3, 0.4) is 0 Å². The topological polar surface area (TPSA) is 47.9 Å². The van der Waals surface area contributed by atoms with Gasteiger partial charge in [-0.25, -0.2) is 0 Å². The van der Waals surface area contributed by atoms with Crippen molar-refractivity contribution < 1.29 is 19.3 Å². The van der Waals surface area contributed by atoms with Gasteiger partial charge >= 0.3 is 0 Å². The number of rotatable bonds is 6. The highest BCUT2D eigenvalue weighted by Gasteiger charge is 2.12. The van der Waals surface area contributed by atoms with Crippen LogP contribution in [-0.2, 0) is 0 Å². The quantitative estimate of drug-likeness (QED) is 0.887. The van der Waals surface area contributed by atoms with Gasteiger partial charge in [0.25, 0.3) is 0 Å². The number of benzene rings is 2. The largest absolute Gasteiger partial charge is 0.493 e. The maximum absolute atomic E-state index is 10.2. The molecule has 2 rings (SSSR count). The minimum absolute atomic E-state index is 0.180. The second-order valence-electron chi connectivity index (χ2n) is 4.76. The number of methoxy groups -OCH3 is 2. The Morgan fingerprint density at radius 1 is 1.00 bits per heavy atom. The fraction of sp³-hybridized carbons (Fsp3) is 0.294. The zero-order valence-electron chi connectivity index (χ0n) is 12.5. The Labute approximate surface area is 124 Å². The Hall–Kier alpha value is -2.20. The molecule has 0 heterocycles. The molecular formula is C17H20O4. The fourth-order valence-corrected chi connectivity index (χ4v) is 2.04. The van der Waals surface area contributed by atoms with Crippen LogP contribution >= 0.6 is 0 Å². The number of hydrogen-bond acceptors (Lipinski definition) is 4. The van der Waals surface area contributed by atoms with Crippen molar-refractivity contribution in [2.75, 3.05) is 20.8 Å². The normalized spacial score (nSPS) is 11.8. The highest BCUT2D eigenvalue weighted by atomic mass is 16.5. The average Bonchev–Trinajstić information content (AvgIpc) is 2.52. The Balaban J connectivity index is 2.04. The maximum Gasteiger partial charge on any atom is 0.161 e. The molecule has 0 saturated heterocycles. The van der Waals surface area contributed by atoms with E-state index >= 15 is 0 Å². The van der Waals surface area contributed by atoms with Crippen molar-refractivity contribution in [3.05, 3.63) is 53.6 Å². The second-order valence-corrected chi connectivity index (χ2v) is 4.76. The van der Waals surface area contributed by atoms with Crippen LogP contribution in [0.5, 0.6) is 17.2 Å². The Morgan fingerprint density at radius 3 is 2.43 bits per heavy atom. The van der Waals surface area contributed by atoms with Gasteiger partial charge in [-0.05, 0) is 42.3 Å². The molecule has 1 unspecified atom stereocenters. The zero-order chi connectivity index (χ0) is 15.2. The van der Waals surface area contributed by atoms with E-state index in [1.165, 1.54) is 0 Å². The van der Waals surface area contributed by atoms with E-state index in [0.717, 1.165) is 16.9 Å². The molecule has 2 aromatic carbocycles. The van der Waals surface area contributed by atoms with E-state index in [1.807, 2.05) is 31.2 Å². The first-order chi connectivity index (χ1) is 10.1. The lowest BCUT2D eigenvalue weighted by molar-refractivity contribution is 0.108. The first-order valence-corrected chi connectivity index (χ1v) is 6.73. The summed E-state index contributed by atoms with van der Waals surface area (Å²) in [6.45, 7) is 2.18. The monoisotopic (exact) mass is 288 g/mol. The van der Waals surface area contributed by atoms with E-state index in [1.54, 1.807) is 32.4 Å². The molecule has 0 saturated carbocycles.